The van der Waals surface area contributed by atoms with E-state index in [4.69, 9.17) is 0 Å². The first-order valence-electron chi connectivity index (χ1n) is 6.89. The normalized spacial score (nSPS) is 11.6. The summed E-state index contributed by atoms with van der Waals surface area (Å²) < 4.78 is 28.1. The first-order valence-corrected chi connectivity index (χ1v) is 8.37. The predicted molar refractivity (Wildman–Crippen MR) is 84.9 cm³/mol. The number of rotatable bonds is 6. The molecule has 0 amide bonds. The van der Waals surface area contributed by atoms with Crippen molar-refractivity contribution in [3.8, 4) is 0 Å². The van der Waals surface area contributed by atoms with Gasteiger partial charge in [-0.1, -0.05) is 6.07 Å². The zero-order valence-corrected chi connectivity index (χ0v) is 13.4. The zero-order chi connectivity index (χ0) is 15.5. The third kappa shape index (κ3) is 3.65. The molecule has 114 valence electrons. The minimum Gasteiger partial charge on any atom is -0.381 e. The van der Waals surface area contributed by atoms with Gasteiger partial charge in [-0.15, -0.1) is 0 Å². The molecule has 1 aromatic carbocycles. The number of aromatic nitrogens is 1. The Morgan fingerprint density at radius 2 is 2.00 bits per heavy atom. The molecule has 0 aliphatic heterocycles. The van der Waals surface area contributed by atoms with E-state index in [1.54, 1.807) is 12.1 Å². The summed E-state index contributed by atoms with van der Waals surface area (Å²) in [5.74, 6) is 0. The van der Waals surface area contributed by atoms with Gasteiger partial charge in [-0.2, -0.15) is 0 Å². The second-order valence-electron chi connectivity index (χ2n) is 4.89. The van der Waals surface area contributed by atoms with Crippen LogP contribution in [0.5, 0.6) is 0 Å². The number of sulfonamides is 1. The molecule has 0 aliphatic rings. The summed E-state index contributed by atoms with van der Waals surface area (Å²) in [7, 11) is -2.00. The van der Waals surface area contributed by atoms with Gasteiger partial charge >= 0.3 is 0 Å². The van der Waals surface area contributed by atoms with Crippen molar-refractivity contribution in [2.75, 3.05) is 12.4 Å². The maximum absolute atomic E-state index is 11.8. The molecule has 0 atom stereocenters. The fourth-order valence-corrected chi connectivity index (χ4v) is 2.82. The first-order chi connectivity index (χ1) is 9.96. The van der Waals surface area contributed by atoms with E-state index in [2.05, 4.69) is 33.8 Å². The molecule has 0 spiro atoms. The number of anilines is 1. The lowest BCUT2D eigenvalue weighted by molar-refractivity contribution is 0.588. The fourth-order valence-electron chi connectivity index (χ4n) is 2.07. The number of hydrogen-bond acceptors (Lipinski definition) is 3. The van der Waals surface area contributed by atoms with E-state index < -0.39 is 10.0 Å². The third-order valence-corrected chi connectivity index (χ3v) is 4.86. The third-order valence-electron chi connectivity index (χ3n) is 3.45. The van der Waals surface area contributed by atoms with Gasteiger partial charge in [-0.05, 0) is 50.2 Å². The lowest BCUT2D eigenvalue weighted by Crippen LogP contribution is -2.18. The van der Waals surface area contributed by atoms with E-state index >= 15 is 0 Å². The van der Waals surface area contributed by atoms with Crippen LogP contribution in [0.1, 0.15) is 18.1 Å². The Balaban J connectivity index is 2.17. The van der Waals surface area contributed by atoms with E-state index in [0.717, 1.165) is 23.4 Å². The van der Waals surface area contributed by atoms with Crippen LogP contribution in [0.15, 0.2) is 41.6 Å². The Bertz CT molecular complexity index is 720. The largest absolute Gasteiger partial charge is 0.381 e. The van der Waals surface area contributed by atoms with Crippen LogP contribution in [-0.2, 0) is 23.1 Å². The average Bonchev–Trinajstić information content (AvgIpc) is 2.94. The van der Waals surface area contributed by atoms with Crippen LogP contribution >= 0.6 is 0 Å². The highest BCUT2D eigenvalue weighted by Crippen LogP contribution is 2.20. The van der Waals surface area contributed by atoms with Gasteiger partial charge in [0.15, 0.2) is 0 Å². The van der Waals surface area contributed by atoms with Gasteiger partial charge in [-0.3, -0.25) is 0 Å². The molecule has 0 saturated carbocycles. The Morgan fingerprint density at radius 3 is 2.62 bits per heavy atom. The number of hydrogen-bond donors (Lipinski definition) is 2. The van der Waals surface area contributed by atoms with E-state index in [1.165, 1.54) is 7.05 Å². The number of benzene rings is 1. The van der Waals surface area contributed by atoms with Gasteiger partial charge in [0.1, 0.15) is 0 Å². The molecule has 5 nitrogen and oxygen atoms in total. The number of nitrogens with zero attached hydrogens (tertiary/aromatic N) is 1. The lowest BCUT2D eigenvalue weighted by atomic mass is 10.2. The van der Waals surface area contributed by atoms with Crippen molar-refractivity contribution in [1.82, 2.24) is 9.29 Å². The SMILES string of the molecule is CCn1ccc(CNc2cc(S(=O)(=O)NC)ccc2C)c1. The molecule has 0 aliphatic carbocycles. The molecule has 0 saturated heterocycles. The maximum atomic E-state index is 11.8. The molecule has 2 rings (SSSR count). The molecule has 0 fully saturated rings. The van der Waals surface area contributed by atoms with Gasteiger partial charge in [0.25, 0.3) is 0 Å². The molecule has 0 unspecified atom stereocenters. The van der Waals surface area contributed by atoms with Gasteiger partial charge in [0, 0.05) is 31.2 Å². The number of aryl methyl sites for hydroxylation is 2. The van der Waals surface area contributed by atoms with Crippen molar-refractivity contribution in [1.29, 1.82) is 0 Å². The van der Waals surface area contributed by atoms with Gasteiger partial charge < -0.3 is 9.88 Å². The monoisotopic (exact) mass is 307 g/mol. The molecule has 1 heterocycles. The highest BCUT2D eigenvalue weighted by Gasteiger charge is 2.12. The first kappa shape index (κ1) is 15.6. The van der Waals surface area contributed by atoms with Crippen molar-refractivity contribution in [3.05, 3.63) is 47.8 Å². The standard InChI is InChI=1S/C15H21N3O2S/c1-4-18-8-7-13(11-18)10-17-15-9-14(6-5-12(15)2)21(19,20)16-3/h5-9,11,16-17H,4,10H2,1-3H3. The summed E-state index contributed by atoms with van der Waals surface area (Å²) in [6.07, 6.45) is 4.11. The molecule has 0 radical (unpaired) electrons. The van der Waals surface area contributed by atoms with Crippen molar-refractivity contribution < 1.29 is 8.42 Å². The predicted octanol–water partition coefficient (Wildman–Crippen LogP) is 2.34. The number of nitrogens with one attached hydrogen (secondary N) is 2. The average molecular weight is 307 g/mol. The minimum absolute atomic E-state index is 0.268. The Hall–Kier alpha value is -1.79. The van der Waals surface area contributed by atoms with E-state index in [-0.39, 0.29) is 4.90 Å². The van der Waals surface area contributed by atoms with Crippen LogP contribution < -0.4 is 10.0 Å². The molecule has 2 aromatic rings. The Morgan fingerprint density at radius 1 is 1.24 bits per heavy atom. The van der Waals surface area contributed by atoms with Crippen molar-refractivity contribution in [3.63, 3.8) is 0 Å². The Labute approximate surface area is 126 Å². The second-order valence-corrected chi connectivity index (χ2v) is 6.77. The van der Waals surface area contributed by atoms with Gasteiger partial charge in [0.05, 0.1) is 4.90 Å². The van der Waals surface area contributed by atoms with Crippen LogP contribution in [-0.4, -0.2) is 20.0 Å². The smallest absolute Gasteiger partial charge is 0.240 e. The van der Waals surface area contributed by atoms with Crippen molar-refractivity contribution in [2.24, 2.45) is 0 Å². The molecule has 21 heavy (non-hydrogen) atoms. The van der Waals surface area contributed by atoms with Crippen LogP contribution in [0.3, 0.4) is 0 Å². The van der Waals surface area contributed by atoms with Crippen LogP contribution in [0, 0.1) is 6.92 Å². The van der Waals surface area contributed by atoms with Crippen LogP contribution in [0.4, 0.5) is 5.69 Å². The van der Waals surface area contributed by atoms with Gasteiger partial charge in [0.2, 0.25) is 10.0 Å². The summed E-state index contributed by atoms with van der Waals surface area (Å²) >= 11 is 0. The van der Waals surface area contributed by atoms with Crippen molar-refractivity contribution in [2.45, 2.75) is 31.8 Å². The summed E-state index contributed by atoms with van der Waals surface area (Å²) in [4.78, 5) is 0.268. The van der Waals surface area contributed by atoms with Gasteiger partial charge in [-0.25, -0.2) is 13.1 Å². The second kappa shape index (κ2) is 6.32. The zero-order valence-electron chi connectivity index (χ0n) is 12.6. The quantitative estimate of drug-likeness (QED) is 0.861. The molecular formula is C15H21N3O2S. The molecular weight excluding hydrogens is 286 g/mol. The summed E-state index contributed by atoms with van der Waals surface area (Å²) in [5.41, 5.74) is 3.01. The molecule has 0 bridgehead atoms. The summed E-state index contributed by atoms with van der Waals surface area (Å²) in [5, 5.41) is 3.30. The van der Waals surface area contributed by atoms with Crippen LogP contribution in [0.2, 0.25) is 0 Å². The van der Waals surface area contributed by atoms with Crippen LogP contribution in [0.25, 0.3) is 0 Å². The lowest BCUT2D eigenvalue weighted by Gasteiger charge is -2.11. The van der Waals surface area contributed by atoms with E-state index in [9.17, 15) is 8.42 Å². The van der Waals surface area contributed by atoms with Crippen molar-refractivity contribution >= 4 is 15.7 Å². The topological polar surface area (TPSA) is 63.1 Å². The molecule has 6 heteroatoms. The summed E-state index contributed by atoms with van der Waals surface area (Å²) in [6.45, 7) is 5.65. The van der Waals surface area contributed by atoms with E-state index in [1.807, 2.05) is 19.2 Å². The summed E-state index contributed by atoms with van der Waals surface area (Å²) in [6, 6.07) is 7.14. The minimum atomic E-state index is -3.41. The Kier molecular flexibility index (Phi) is 4.69. The molecule has 1 aromatic heterocycles. The highest BCUT2D eigenvalue weighted by atomic mass is 32.2. The van der Waals surface area contributed by atoms with E-state index in [0.29, 0.717) is 6.54 Å². The molecule has 2 N–H and O–H groups in total. The maximum Gasteiger partial charge on any atom is 0.240 e. The fraction of sp³-hybridized carbons (Fsp3) is 0.333. The highest BCUT2D eigenvalue weighted by molar-refractivity contribution is 7.89.